The monoisotopic (exact) mass is 447 g/mol. The van der Waals surface area contributed by atoms with Crippen molar-refractivity contribution in [3.63, 3.8) is 0 Å². The van der Waals surface area contributed by atoms with Crippen molar-refractivity contribution in [2.24, 2.45) is 0 Å². The molecule has 8 heteroatoms. The van der Waals surface area contributed by atoms with E-state index in [1.165, 1.54) is 29.7 Å². The maximum absolute atomic E-state index is 12.8. The number of carbonyl (C=O) groups excluding carboxylic acids is 1. The Balaban J connectivity index is 1.49. The molecule has 0 spiro atoms. The number of aryl methyl sites for hydroxylation is 2. The Morgan fingerprint density at radius 1 is 1.29 bits per heavy atom. The van der Waals surface area contributed by atoms with Crippen molar-refractivity contribution in [1.82, 2.24) is 14.9 Å². The van der Waals surface area contributed by atoms with Gasteiger partial charge in [0.15, 0.2) is 0 Å². The third-order valence-corrected chi connectivity index (χ3v) is 7.59. The molecule has 2 N–H and O–H groups in total. The van der Waals surface area contributed by atoms with Gasteiger partial charge in [-0.3, -0.25) is 14.5 Å². The standard InChI is InChI=1S/C23H33N3O4S/c1-2-7-20(28)30-14-16(27)12-26(15-8-4-3-5-9-15)13-19-24-22(29)21-17-10-6-11-18(17)31-23(21)25-19/h15-16,27H,2-14H2,1H3,(H,24,25,29). The molecule has 1 fully saturated rings. The molecule has 2 aromatic heterocycles. The second kappa shape index (κ2) is 10.2. The van der Waals surface area contributed by atoms with Crippen molar-refractivity contribution in [3.05, 3.63) is 26.6 Å². The Bertz CT molecular complexity index is 964. The van der Waals surface area contributed by atoms with Gasteiger partial charge in [-0.25, -0.2) is 4.98 Å². The smallest absolute Gasteiger partial charge is 0.305 e. The van der Waals surface area contributed by atoms with Gasteiger partial charge in [-0.05, 0) is 44.1 Å². The first-order valence-electron chi connectivity index (χ1n) is 11.7. The number of ether oxygens (including phenoxy) is 1. The lowest BCUT2D eigenvalue weighted by Gasteiger charge is -2.35. The largest absolute Gasteiger partial charge is 0.463 e. The zero-order valence-electron chi connectivity index (χ0n) is 18.3. The minimum absolute atomic E-state index is 0.00266. The van der Waals surface area contributed by atoms with Gasteiger partial charge in [0.1, 0.15) is 23.4 Å². The molecule has 1 unspecified atom stereocenters. The van der Waals surface area contributed by atoms with Gasteiger partial charge in [-0.2, -0.15) is 0 Å². The van der Waals surface area contributed by atoms with Crippen molar-refractivity contribution < 1.29 is 14.6 Å². The van der Waals surface area contributed by atoms with E-state index in [-0.39, 0.29) is 18.1 Å². The molecule has 4 rings (SSSR count). The summed E-state index contributed by atoms with van der Waals surface area (Å²) in [6.07, 6.45) is 9.20. The van der Waals surface area contributed by atoms with E-state index in [1.54, 1.807) is 11.3 Å². The minimum Gasteiger partial charge on any atom is -0.463 e. The molecule has 1 atom stereocenters. The first-order chi connectivity index (χ1) is 15.0. The first kappa shape index (κ1) is 22.4. The maximum Gasteiger partial charge on any atom is 0.305 e. The van der Waals surface area contributed by atoms with Gasteiger partial charge in [0, 0.05) is 23.9 Å². The number of aliphatic hydroxyl groups excluding tert-OH is 1. The highest BCUT2D eigenvalue weighted by Gasteiger charge is 2.26. The molecule has 0 amide bonds. The number of aromatic nitrogens is 2. The number of esters is 1. The van der Waals surface area contributed by atoms with E-state index in [0.29, 0.717) is 31.4 Å². The molecule has 1 saturated carbocycles. The SMILES string of the molecule is CCCC(=O)OCC(O)CN(Cc1nc2sc3c(c2c(=O)[nH]1)CCC3)C1CCCCC1. The van der Waals surface area contributed by atoms with Crippen LogP contribution in [-0.4, -0.2) is 51.2 Å². The van der Waals surface area contributed by atoms with Crippen LogP contribution in [-0.2, 0) is 28.9 Å². The number of aliphatic hydroxyl groups is 1. The van der Waals surface area contributed by atoms with Gasteiger partial charge in [-0.15, -0.1) is 11.3 Å². The lowest BCUT2D eigenvalue weighted by molar-refractivity contribution is -0.147. The summed E-state index contributed by atoms with van der Waals surface area (Å²) in [4.78, 5) is 36.6. The highest BCUT2D eigenvalue weighted by atomic mass is 32.1. The molecule has 2 aliphatic rings. The van der Waals surface area contributed by atoms with E-state index in [4.69, 9.17) is 9.72 Å². The van der Waals surface area contributed by atoms with Crippen LogP contribution in [0.1, 0.15) is 74.6 Å². The molecule has 2 aliphatic carbocycles. The Morgan fingerprint density at radius 2 is 2.10 bits per heavy atom. The highest BCUT2D eigenvalue weighted by Crippen LogP contribution is 2.34. The molecular weight excluding hydrogens is 414 g/mol. The average Bonchev–Trinajstić information content (AvgIpc) is 3.33. The van der Waals surface area contributed by atoms with E-state index >= 15 is 0 Å². The van der Waals surface area contributed by atoms with Gasteiger partial charge in [0.05, 0.1) is 11.9 Å². The second-order valence-electron chi connectivity index (χ2n) is 8.86. The normalized spacial score (nSPS) is 17.9. The summed E-state index contributed by atoms with van der Waals surface area (Å²) in [5, 5.41) is 11.3. The number of aromatic amines is 1. The van der Waals surface area contributed by atoms with Gasteiger partial charge in [0.25, 0.3) is 5.56 Å². The molecule has 0 saturated heterocycles. The molecular formula is C23H33N3O4S. The zero-order chi connectivity index (χ0) is 21.8. The van der Waals surface area contributed by atoms with Crippen LogP contribution in [0.2, 0.25) is 0 Å². The number of nitrogens with one attached hydrogen (secondary N) is 1. The van der Waals surface area contributed by atoms with E-state index in [1.807, 2.05) is 6.92 Å². The third kappa shape index (κ3) is 5.35. The molecule has 0 aliphatic heterocycles. The predicted octanol–water partition coefficient (Wildman–Crippen LogP) is 3.31. The number of hydrogen-bond donors (Lipinski definition) is 2. The molecule has 0 radical (unpaired) electrons. The molecule has 7 nitrogen and oxygen atoms in total. The number of hydrogen-bond acceptors (Lipinski definition) is 7. The van der Waals surface area contributed by atoms with Gasteiger partial charge < -0.3 is 14.8 Å². The average molecular weight is 448 g/mol. The maximum atomic E-state index is 12.8. The van der Waals surface area contributed by atoms with Crippen LogP contribution in [0.15, 0.2) is 4.79 Å². The first-order valence-corrected chi connectivity index (χ1v) is 12.5. The summed E-state index contributed by atoms with van der Waals surface area (Å²) in [6, 6.07) is 0.337. The minimum atomic E-state index is -0.760. The van der Waals surface area contributed by atoms with Crippen LogP contribution in [0.4, 0.5) is 0 Å². The van der Waals surface area contributed by atoms with Crippen molar-refractivity contribution in [2.75, 3.05) is 13.2 Å². The van der Waals surface area contributed by atoms with Crippen LogP contribution < -0.4 is 5.56 Å². The summed E-state index contributed by atoms with van der Waals surface area (Å²) < 4.78 is 5.21. The quantitative estimate of drug-likeness (QED) is 0.573. The Kier molecular flexibility index (Phi) is 7.40. The fourth-order valence-electron chi connectivity index (χ4n) is 4.89. The number of rotatable bonds is 9. The van der Waals surface area contributed by atoms with Crippen LogP contribution >= 0.6 is 11.3 Å². The van der Waals surface area contributed by atoms with E-state index in [0.717, 1.165) is 48.7 Å². The van der Waals surface area contributed by atoms with Crippen LogP contribution in [0.5, 0.6) is 0 Å². The number of carbonyl (C=O) groups is 1. The van der Waals surface area contributed by atoms with Crippen molar-refractivity contribution in [2.45, 2.75) is 89.8 Å². The summed E-state index contributed by atoms with van der Waals surface area (Å²) >= 11 is 1.65. The Morgan fingerprint density at radius 3 is 2.87 bits per heavy atom. The van der Waals surface area contributed by atoms with Crippen LogP contribution in [0.3, 0.4) is 0 Å². The third-order valence-electron chi connectivity index (χ3n) is 6.40. The van der Waals surface area contributed by atoms with Gasteiger partial charge in [0.2, 0.25) is 0 Å². The summed E-state index contributed by atoms with van der Waals surface area (Å²) in [7, 11) is 0. The fraction of sp³-hybridized carbons (Fsp3) is 0.696. The molecule has 0 bridgehead atoms. The predicted molar refractivity (Wildman–Crippen MR) is 121 cm³/mol. The fourth-order valence-corrected chi connectivity index (χ4v) is 6.17. The number of fused-ring (bicyclic) bond motifs is 3. The van der Waals surface area contributed by atoms with E-state index in [2.05, 4.69) is 9.88 Å². The van der Waals surface area contributed by atoms with Crippen molar-refractivity contribution in [3.8, 4) is 0 Å². The van der Waals surface area contributed by atoms with Crippen LogP contribution in [0.25, 0.3) is 10.2 Å². The van der Waals surface area contributed by atoms with E-state index in [9.17, 15) is 14.7 Å². The van der Waals surface area contributed by atoms with Gasteiger partial charge >= 0.3 is 5.97 Å². The molecule has 170 valence electrons. The van der Waals surface area contributed by atoms with Gasteiger partial charge in [-0.1, -0.05) is 26.2 Å². The van der Waals surface area contributed by atoms with Crippen molar-refractivity contribution >= 4 is 27.5 Å². The van der Waals surface area contributed by atoms with Crippen molar-refractivity contribution in [1.29, 1.82) is 0 Å². The Labute approximate surface area is 186 Å². The second-order valence-corrected chi connectivity index (χ2v) is 9.94. The molecule has 31 heavy (non-hydrogen) atoms. The number of H-pyrrole nitrogens is 1. The number of thiophene rings is 1. The van der Waals surface area contributed by atoms with Crippen LogP contribution in [0, 0.1) is 0 Å². The summed E-state index contributed by atoms with van der Waals surface area (Å²) in [6.45, 7) is 2.81. The topological polar surface area (TPSA) is 95.5 Å². The lowest BCUT2D eigenvalue weighted by Crippen LogP contribution is -2.43. The molecule has 2 aromatic rings. The highest BCUT2D eigenvalue weighted by molar-refractivity contribution is 7.18. The molecule has 2 heterocycles. The van der Waals surface area contributed by atoms with E-state index < -0.39 is 6.10 Å². The Hall–Kier alpha value is -1.77. The summed E-state index contributed by atoms with van der Waals surface area (Å²) in [5.41, 5.74) is 1.14. The number of nitrogens with zero attached hydrogens (tertiary/aromatic N) is 2. The summed E-state index contributed by atoms with van der Waals surface area (Å²) in [5.74, 6) is 0.381. The lowest BCUT2D eigenvalue weighted by atomic mass is 9.94. The molecule has 0 aromatic carbocycles. The zero-order valence-corrected chi connectivity index (χ0v) is 19.1.